The smallest absolute Gasteiger partial charge is 0.387 e. The highest BCUT2D eigenvalue weighted by atomic mass is 19.3. The number of halogens is 2. The van der Waals surface area contributed by atoms with Gasteiger partial charge in [0.2, 0.25) is 0 Å². The molecule has 1 amide bonds. The van der Waals surface area contributed by atoms with Gasteiger partial charge in [-0.15, -0.1) is 0 Å². The maximum atomic E-state index is 12.3. The molecular formula is C20H21F2NO5. The van der Waals surface area contributed by atoms with Gasteiger partial charge in [0, 0.05) is 6.54 Å². The van der Waals surface area contributed by atoms with E-state index in [4.69, 9.17) is 9.47 Å². The third-order valence-electron chi connectivity index (χ3n) is 4.01. The van der Waals surface area contributed by atoms with E-state index >= 15 is 0 Å². The lowest BCUT2D eigenvalue weighted by molar-refractivity contribution is -0.124. The van der Waals surface area contributed by atoms with Crippen molar-refractivity contribution >= 4 is 11.9 Å². The van der Waals surface area contributed by atoms with Crippen molar-refractivity contribution in [3.05, 3.63) is 58.7 Å². The summed E-state index contributed by atoms with van der Waals surface area (Å²) in [4.78, 5) is 23.9. The predicted molar refractivity (Wildman–Crippen MR) is 97.7 cm³/mol. The molecule has 0 heterocycles. The molecule has 0 aliphatic carbocycles. The number of methoxy groups -OCH3 is 1. The molecular weight excluding hydrogens is 372 g/mol. The van der Waals surface area contributed by atoms with Crippen LogP contribution in [0, 0.1) is 13.8 Å². The SMILES string of the molecule is COc1cc(CNC(=O)COC(=O)c2ccc(C)c(C)c2)ccc1OC(F)F. The van der Waals surface area contributed by atoms with Crippen molar-refractivity contribution in [3.8, 4) is 11.5 Å². The quantitative estimate of drug-likeness (QED) is 0.696. The van der Waals surface area contributed by atoms with Crippen molar-refractivity contribution in [2.75, 3.05) is 13.7 Å². The van der Waals surface area contributed by atoms with Gasteiger partial charge in [0.1, 0.15) is 0 Å². The molecule has 2 rings (SSSR count). The minimum absolute atomic E-state index is 0.102. The zero-order valence-corrected chi connectivity index (χ0v) is 15.8. The topological polar surface area (TPSA) is 73.9 Å². The first-order valence-electron chi connectivity index (χ1n) is 8.43. The van der Waals surface area contributed by atoms with Crippen molar-refractivity contribution in [2.45, 2.75) is 27.0 Å². The summed E-state index contributed by atoms with van der Waals surface area (Å²) in [6.07, 6.45) is 0. The molecule has 0 fully saturated rings. The molecule has 0 spiro atoms. The summed E-state index contributed by atoms with van der Waals surface area (Å²) in [6.45, 7) is 0.511. The van der Waals surface area contributed by atoms with Gasteiger partial charge in [-0.1, -0.05) is 12.1 Å². The zero-order chi connectivity index (χ0) is 20.7. The zero-order valence-electron chi connectivity index (χ0n) is 15.8. The highest BCUT2D eigenvalue weighted by Crippen LogP contribution is 2.29. The molecule has 2 aromatic rings. The van der Waals surface area contributed by atoms with Crippen LogP contribution in [0.1, 0.15) is 27.0 Å². The molecule has 0 aliphatic heterocycles. The maximum Gasteiger partial charge on any atom is 0.387 e. The Morgan fingerprint density at radius 2 is 1.79 bits per heavy atom. The lowest BCUT2D eigenvalue weighted by atomic mass is 10.1. The summed E-state index contributed by atoms with van der Waals surface area (Å²) < 4.78 is 39.0. The fraction of sp³-hybridized carbons (Fsp3) is 0.300. The molecule has 0 unspecified atom stereocenters. The van der Waals surface area contributed by atoms with E-state index in [-0.39, 0.29) is 18.0 Å². The van der Waals surface area contributed by atoms with E-state index in [9.17, 15) is 18.4 Å². The Bertz CT molecular complexity index is 854. The highest BCUT2D eigenvalue weighted by molar-refractivity contribution is 5.91. The average molecular weight is 393 g/mol. The van der Waals surface area contributed by atoms with Crippen LogP contribution in [0.15, 0.2) is 36.4 Å². The number of hydrogen-bond acceptors (Lipinski definition) is 5. The number of hydrogen-bond donors (Lipinski definition) is 1. The van der Waals surface area contributed by atoms with Crippen LogP contribution in [0.4, 0.5) is 8.78 Å². The number of carbonyl (C=O) groups excluding carboxylic acids is 2. The van der Waals surface area contributed by atoms with Crippen molar-refractivity contribution in [2.24, 2.45) is 0 Å². The van der Waals surface area contributed by atoms with Gasteiger partial charge in [-0.05, 0) is 54.8 Å². The van der Waals surface area contributed by atoms with Crippen LogP contribution < -0.4 is 14.8 Å². The molecule has 0 aliphatic rings. The summed E-state index contributed by atoms with van der Waals surface area (Å²) in [7, 11) is 1.32. The van der Waals surface area contributed by atoms with E-state index in [1.807, 2.05) is 13.8 Å². The summed E-state index contributed by atoms with van der Waals surface area (Å²) in [5, 5.41) is 2.58. The van der Waals surface area contributed by atoms with E-state index in [0.29, 0.717) is 11.1 Å². The molecule has 0 bridgehead atoms. The number of benzene rings is 2. The van der Waals surface area contributed by atoms with Crippen LogP contribution in [0.2, 0.25) is 0 Å². The third-order valence-corrected chi connectivity index (χ3v) is 4.01. The lowest BCUT2D eigenvalue weighted by Crippen LogP contribution is -2.28. The van der Waals surface area contributed by atoms with E-state index in [1.165, 1.54) is 25.3 Å². The Hall–Kier alpha value is -3.16. The first kappa shape index (κ1) is 21.1. The number of carbonyl (C=O) groups is 2. The normalized spacial score (nSPS) is 10.5. The molecule has 1 N–H and O–H groups in total. The van der Waals surface area contributed by atoms with E-state index < -0.39 is 25.1 Å². The van der Waals surface area contributed by atoms with Gasteiger partial charge < -0.3 is 19.5 Å². The number of ether oxygens (including phenoxy) is 3. The Labute approximate surface area is 161 Å². The number of alkyl halides is 2. The number of esters is 1. The van der Waals surface area contributed by atoms with E-state index in [1.54, 1.807) is 18.2 Å². The molecule has 0 atom stereocenters. The standard InChI is InChI=1S/C20H21F2NO5/c1-12-4-6-15(8-13(12)2)19(25)27-11-18(24)23-10-14-5-7-16(28-20(21)22)17(9-14)26-3/h4-9,20H,10-11H2,1-3H3,(H,23,24). The Morgan fingerprint density at radius 3 is 2.43 bits per heavy atom. The minimum atomic E-state index is -2.97. The van der Waals surface area contributed by atoms with E-state index in [0.717, 1.165) is 11.1 Å². The van der Waals surface area contributed by atoms with Gasteiger partial charge in [0.05, 0.1) is 12.7 Å². The van der Waals surface area contributed by atoms with Crippen molar-refractivity contribution in [1.29, 1.82) is 0 Å². The van der Waals surface area contributed by atoms with Gasteiger partial charge in [-0.2, -0.15) is 8.78 Å². The molecule has 28 heavy (non-hydrogen) atoms. The van der Waals surface area contributed by atoms with Crippen molar-refractivity contribution in [3.63, 3.8) is 0 Å². The van der Waals surface area contributed by atoms with Crippen LogP contribution in [-0.2, 0) is 16.1 Å². The van der Waals surface area contributed by atoms with Gasteiger partial charge in [0.15, 0.2) is 18.1 Å². The molecule has 2 aromatic carbocycles. The predicted octanol–water partition coefficient (Wildman–Crippen LogP) is 3.39. The molecule has 150 valence electrons. The highest BCUT2D eigenvalue weighted by Gasteiger charge is 2.13. The van der Waals surface area contributed by atoms with Gasteiger partial charge in [-0.3, -0.25) is 4.79 Å². The second-order valence-corrected chi connectivity index (χ2v) is 6.02. The van der Waals surface area contributed by atoms with Crippen molar-refractivity contribution in [1.82, 2.24) is 5.32 Å². The van der Waals surface area contributed by atoms with Gasteiger partial charge in [0.25, 0.3) is 5.91 Å². The van der Waals surface area contributed by atoms with Crippen LogP contribution in [0.5, 0.6) is 11.5 Å². The Kier molecular flexibility index (Phi) is 7.31. The lowest BCUT2D eigenvalue weighted by Gasteiger charge is -2.12. The monoisotopic (exact) mass is 393 g/mol. The first-order chi connectivity index (χ1) is 13.3. The van der Waals surface area contributed by atoms with E-state index in [2.05, 4.69) is 10.1 Å². The van der Waals surface area contributed by atoms with Crippen LogP contribution in [0.25, 0.3) is 0 Å². The molecule has 0 saturated heterocycles. The largest absolute Gasteiger partial charge is 0.493 e. The van der Waals surface area contributed by atoms with Gasteiger partial charge >= 0.3 is 12.6 Å². The maximum absolute atomic E-state index is 12.3. The van der Waals surface area contributed by atoms with Crippen LogP contribution >= 0.6 is 0 Å². The summed E-state index contributed by atoms with van der Waals surface area (Å²) in [5.41, 5.74) is 2.98. The molecule has 0 aromatic heterocycles. The number of rotatable bonds is 8. The van der Waals surface area contributed by atoms with Crippen molar-refractivity contribution < 1.29 is 32.6 Å². The summed E-state index contributed by atoms with van der Waals surface area (Å²) in [6, 6.07) is 9.45. The number of amides is 1. The second-order valence-electron chi connectivity index (χ2n) is 6.02. The second kappa shape index (κ2) is 9.68. The number of aryl methyl sites for hydroxylation is 2. The minimum Gasteiger partial charge on any atom is -0.493 e. The first-order valence-corrected chi connectivity index (χ1v) is 8.43. The average Bonchev–Trinajstić information content (AvgIpc) is 2.66. The summed E-state index contributed by atoms with van der Waals surface area (Å²) in [5.74, 6) is -1.07. The molecule has 8 heteroatoms. The fourth-order valence-corrected chi connectivity index (χ4v) is 2.35. The molecule has 6 nitrogen and oxygen atoms in total. The summed E-state index contributed by atoms with van der Waals surface area (Å²) >= 11 is 0. The Morgan fingerprint density at radius 1 is 1.04 bits per heavy atom. The Balaban J connectivity index is 1.86. The molecule has 0 saturated carbocycles. The van der Waals surface area contributed by atoms with Crippen LogP contribution in [-0.4, -0.2) is 32.2 Å². The third kappa shape index (κ3) is 5.94. The molecule has 0 radical (unpaired) electrons. The number of nitrogens with one attached hydrogen (secondary N) is 1. The fourth-order valence-electron chi connectivity index (χ4n) is 2.35. The van der Waals surface area contributed by atoms with Gasteiger partial charge in [-0.25, -0.2) is 4.79 Å². The van der Waals surface area contributed by atoms with Crippen LogP contribution in [0.3, 0.4) is 0 Å².